The summed E-state index contributed by atoms with van der Waals surface area (Å²) in [6.45, 7) is 9.65. The summed E-state index contributed by atoms with van der Waals surface area (Å²) in [5.74, 6) is 8.77. The summed E-state index contributed by atoms with van der Waals surface area (Å²) >= 11 is 24.8. The third-order valence-electron chi connectivity index (χ3n) is 10.9. The van der Waals surface area contributed by atoms with Crippen molar-refractivity contribution in [3.8, 4) is 35.2 Å². The van der Waals surface area contributed by atoms with Gasteiger partial charge in [-0.3, -0.25) is 24.0 Å². The van der Waals surface area contributed by atoms with Crippen molar-refractivity contribution in [1.29, 1.82) is 0 Å². The van der Waals surface area contributed by atoms with Crippen LogP contribution in [0.5, 0.6) is 11.5 Å². The highest BCUT2D eigenvalue weighted by molar-refractivity contribution is 6.34. The van der Waals surface area contributed by atoms with Gasteiger partial charge < -0.3 is 36.9 Å². The van der Waals surface area contributed by atoms with Crippen LogP contribution in [0.1, 0.15) is 94.6 Å². The van der Waals surface area contributed by atoms with Gasteiger partial charge in [-0.05, 0) is 175 Å². The fourth-order valence-electron chi connectivity index (χ4n) is 6.97. The summed E-state index contributed by atoms with van der Waals surface area (Å²) in [5.41, 5.74) is 13.2. The number of rotatable bonds is 14. The summed E-state index contributed by atoms with van der Waals surface area (Å²) in [6.07, 6.45) is 1.31. The fourth-order valence-corrected chi connectivity index (χ4v) is 7.77. The molecule has 12 nitrogen and oxygen atoms in total. The average Bonchev–Trinajstić information content (AvgIpc) is 4.10. The van der Waals surface area contributed by atoms with E-state index in [0.717, 1.165) is 12.1 Å². The minimum Gasteiger partial charge on any atom is -0.483 e. The molecule has 1 saturated carbocycles. The molecule has 0 spiro atoms. The number of benzene rings is 6. The topological polar surface area (TPSA) is 192 Å². The Morgan fingerprint density at radius 2 is 1.03 bits per heavy atom. The zero-order valence-corrected chi connectivity index (χ0v) is 45.0. The molecule has 0 aromatic heterocycles. The maximum Gasteiger partial charge on any atom is 0.262 e. The van der Waals surface area contributed by atoms with E-state index >= 15 is 0 Å². The lowest BCUT2D eigenvalue weighted by atomic mass is 10.0. The Bertz CT molecular complexity index is 3370. The first-order valence-electron chi connectivity index (χ1n) is 23.3. The molecule has 0 heterocycles. The van der Waals surface area contributed by atoms with E-state index in [4.69, 9.17) is 67.3 Å². The maximum absolute atomic E-state index is 13.9. The molecular weight excluding hydrogens is 1060 g/mol. The second kappa shape index (κ2) is 24.6. The van der Waals surface area contributed by atoms with Crippen molar-refractivity contribution >= 4 is 87.1 Å². The number of nitrogens with one attached hydrogen (secondary N) is 3. The Morgan fingerprint density at radius 1 is 0.605 bits per heavy atom. The van der Waals surface area contributed by atoms with Crippen molar-refractivity contribution in [2.24, 2.45) is 11.5 Å². The van der Waals surface area contributed by atoms with Gasteiger partial charge in [-0.1, -0.05) is 70.1 Å². The minimum atomic E-state index is -0.807. The molecule has 0 unspecified atom stereocenters. The first kappa shape index (κ1) is 58.0. The average molecular weight is 1110 g/mol. The lowest BCUT2D eigenvalue weighted by Gasteiger charge is -2.22. The van der Waals surface area contributed by atoms with Crippen molar-refractivity contribution in [3.63, 3.8) is 0 Å². The summed E-state index contributed by atoms with van der Waals surface area (Å²) in [5, 5.41) is 9.29. The highest BCUT2D eigenvalue weighted by Gasteiger charge is 2.47. The van der Waals surface area contributed by atoms with Crippen LogP contribution in [0.15, 0.2) is 109 Å². The fraction of sp³-hybridized carbons (Fsp3) is 0.224. The molecule has 76 heavy (non-hydrogen) atoms. The van der Waals surface area contributed by atoms with E-state index in [1.54, 1.807) is 90.1 Å². The highest BCUT2D eigenvalue weighted by Crippen LogP contribution is 2.33. The first-order chi connectivity index (χ1) is 35.7. The molecular formula is C58H51Cl4F2N5O7. The molecule has 1 aliphatic carbocycles. The third-order valence-corrected chi connectivity index (χ3v) is 12.0. The predicted molar refractivity (Wildman–Crippen MR) is 294 cm³/mol. The molecule has 0 atom stereocenters. The van der Waals surface area contributed by atoms with E-state index in [2.05, 4.69) is 39.6 Å². The van der Waals surface area contributed by atoms with Crippen LogP contribution in [-0.4, -0.2) is 59.1 Å². The van der Waals surface area contributed by atoms with Gasteiger partial charge in [-0.15, -0.1) is 0 Å². The zero-order chi connectivity index (χ0) is 55.7. The molecule has 6 aromatic carbocycles. The maximum atomic E-state index is 13.9. The van der Waals surface area contributed by atoms with E-state index in [1.165, 1.54) is 48.5 Å². The zero-order valence-electron chi connectivity index (χ0n) is 42.0. The van der Waals surface area contributed by atoms with Gasteiger partial charge in [0.1, 0.15) is 23.1 Å². The molecule has 0 radical (unpaired) electrons. The Balaban J connectivity index is 0.000000250. The van der Waals surface area contributed by atoms with Gasteiger partial charge in [0.2, 0.25) is 5.91 Å². The van der Waals surface area contributed by atoms with Crippen LogP contribution in [0.25, 0.3) is 0 Å². The van der Waals surface area contributed by atoms with Crippen LogP contribution in [0.2, 0.25) is 20.1 Å². The van der Waals surface area contributed by atoms with Gasteiger partial charge >= 0.3 is 0 Å². The second-order valence-electron chi connectivity index (χ2n) is 19.0. The van der Waals surface area contributed by atoms with Crippen LogP contribution >= 0.6 is 46.4 Å². The summed E-state index contributed by atoms with van der Waals surface area (Å²) in [4.78, 5) is 63.5. The number of aryl methyl sites for hydroxylation is 2. The number of carbonyl (C=O) groups is 5. The number of amides is 3. The predicted octanol–water partition coefficient (Wildman–Crippen LogP) is 11.2. The van der Waals surface area contributed by atoms with Crippen LogP contribution in [0, 0.1) is 49.2 Å². The number of ether oxygens (including phenoxy) is 2. The molecule has 1 aliphatic rings. The molecule has 1 fully saturated rings. The molecule has 18 heteroatoms. The molecule has 0 saturated heterocycles. The summed E-state index contributed by atoms with van der Waals surface area (Å²) in [7, 11) is 0. The van der Waals surface area contributed by atoms with Crippen molar-refractivity contribution in [2.75, 3.05) is 23.8 Å². The number of anilines is 2. The smallest absolute Gasteiger partial charge is 0.262 e. The SMILES string of the molecule is Cc1cc(F)cc(C(=O)c2cc(Cl)ccc2OCC(=O)Nc2ccc(C#CC(C)(C)N)cc2Cl)c1.Cc1cc(F)cc(C(=O)c2cc(Cl)ccc2OCC(=O)Nc2ccc(C#CC(C)(C)NC(=O)C3(N)CC3)cc2Cl)c1. The third kappa shape index (κ3) is 16.9. The van der Waals surface area contributed by atoms with Crippen LogP contribution in [0.3, 0.4) is 0 Å². The number of hydrogen-bond acceptors (Lipinski definition) is 9. The highest BCUT2D eigenvalue weighted by atomic mass is 35.5. The van der Waals surface area contributed by atoms with Crippen LogP contribution < -0.4 is 36.9 Å². The van der Waals surface area contributed by atoms with Gasteiger partial charge in [-0.2, -0.15) is 0 Å². The molecule has 7 rings (SSSR count). The molecule has 3 amide bonds. The molecule has 392 valence electrons. The van der Waals surface area contributed by atoms with Gasteiger partial charge in [0.15, 0.2) is 24.8 Å². The molecule has 0 bridgehead atoms. The quantitative estimate of drug-likeness (QED) is 0.0522. The van der Waals surface area contributed by atoms with E-state index in [0.29, 0.717) is 56.5 Å². The number of halogens is 6. The first-order valence-corrected chi connectivity index (χ1v) is 24.8. The summed E-state index contributed by atoms with van der Waals surface area (Å²) < 4.78 is 38.9. The van der Waals surface area contributed by atoms with Gasteiger partial charge in [0.05, 0.1) is 49.2 Å². The number of ketones is 2. The second-order valence-corrected chi connectivity index (χ2v) is 20.7. The van der Waals surface area contributed by atoms with Gasteiger partial charge in [0, 0.05) is 32.3 Å². The number of nitrogens with two attached hydrogens (primary N) is 2. The van der Waals surface area contributed by atoms with E-state index < -0.39 is 64.8 Å². The number of carbonyl (C=O) groups excluding carboxylic acids is 5. The number of hydrogen-bond donors (Lipinski definition) is 5. The lowest BCUT2D eigenvalue weighted by Crippen LogP contribution is -2.51. The standard InChI is InChI=1S/C31H28Cl2FN3O4.C27H23Cl2FN2O3/c1-18-12-20(15-22(34)13-18)28(39)23-16-21(32)5-7-26(23)41-17-27(38)36-25-6-4-19(14-24(25)33)8-9-30(2,3)37-29(40)31(35)10-11-31;1-16-10-18(13-20(30)11-16)26(34)21-14-19(28)5-7-24(21)35-15-25(33)32-23-6-4-17(12-22(23)29)8-9-27(2,3)31/h4-7,12-16H,10-11,17,35H2,1-3H3,(H,36,38)(H,37,40);4-7,10-14H,15,31H2,1-3H3,(H,32,33). The normalized spacial score (nSPS) is 12.2. The van der Waals surface area contributed by atoms with E-state index in [9.17, 15) is 32.8 Å². The van der Waals surface area contributed by atoms with Crippen molar-refractivity contribution < 1.29 is 42.2 Å². The van der Waals surface area contributed by atoms with E-state index in [1.807, 2.05) is 0 Å². The van der Waals surface area contributed by atoms with Crippen molar-refractivity contribution in [3.05, 3.63) is 185 Å². The van der Waals surface area contributed by atoms with Crippen LogP contribution in [0.4, 0.5) is 20.2 Å². The molecule has 0 aliphatic heterocycles. The molecule has 6 aromatic rings. The largest absolute Gasteiger partial charge is 0.483 e. The monoisotopic (exact) mass is 1110 g/mol. The van der Waals surface area contributed by atoms with Crippen LogP contribution in [-0.2, 0) is 14.4 Å². The van der Waals surface area contributed by atoms with Crippen molar-refractivity contribution in [1.82, 2.24) is 5.32 Å². The van der Waals surface area contributed by atoms with Gasteiger partial charge in [-0.25, -0.2) is 8.78 Å². The lowest BCUT2D eigenvalue weighted by molar-refractivity contribution is -0.124. The Kier molecular flexibility index (Phi) is 18.8. The Morgan fingerprint density at radius 3 is 1.41 bits per heavy atom. The van der Waals surface area contributed by atoms with Crippen molar-refractivity contribution in [2.45, 2.75) is 71.0 Å². The molecule has 7 N–H and O–H groups in total. The van der Waals surface area contributed by atoms with E-state index in [-0.39, 0.29) is 49.7 Å². The van der Waals surface area contributed by atoms with Gasteiger partial charge in [0.25, 0.3) is 11.8 Å². The minimum absolute atomic E-state index is 0.0918. The summed E-state index contributed by atoms with van der Waals surface area (Å²) in [6, 6.07) is 26.6. The Labute approximate surface area is 459 Å². The Hall–Kier alpha value is -7.27.